The van der Waals surface area contributed by atoms with Crippen LogP contribution in [-0.2, 0) is 11.3 Å². The molecule has 0 radical (unpaired) electrons. The molecule has 0 unspecified atom stereocenters. The Kier molecular flexibility index (Phi) is 6.24. The lowest BCUT2D eigenvalue weighted by Crippen LogP contribution is -2.55. The van der Waals surface area contributed by atoms with Gasteiger partial charge in [0.1, 0.15) is 11.8 Å². The average molecular weight is 391 g/mol. The number of amides is 3. The molecule has 8 heteroatoms. The van der Waals surface area contributed by atoms with E-state index in [2.05, 4.69) is 15.5 Å². The molecule has 1 atom stereocenters. The molecule has 0 spiro atoms. The average Bonchev–Trinajstić information content (AvgIpc) is 3.20. The summed E-state index contributed by atoms with van der Waals surface area (Å²) >= 11 is 5.92. The minimum Gasteiger partial charge on any atom is -0.467 e. The second kappa shape index (κ2) is 8.81. The number of nitrogens with one attached hydrogen (secondary N) is 2. The number of furan rings is 1. The van der Waals surface area contributed by atoms with Gasteiger partial charge in [-0.1, -0.05) is 11.6 Å². The minimum absolute atomic E-state index is 0.230. The van der Waals surface area contributed by atoms with Crippen LogP contribution < -0.4 is 15.5 Å². The standard InChI is InChI=1S/C19H23ClN4O3/c1-14(18(25)21-13-17-3-2-12-27-17)22-19(26)24-10-8-23(9-11-24)16-6-4-15(20)5-7-16/h2-7,12,14H,8-11,13H2,1H3,(H,21,25)(H,22,26)/t14-/m1/s1. The maximum Gasteiger partial charge on any atom is 0.318 e. The molecule has 1 aromatic heterocycles. The lowest BCUT2D eigenvalue weighted by atomic mass is 10.2. The third kappa shape index (κ3) is 5.17. The zero-order valence-corrected chi connectivity index (χ0v) is 15.9. The van der Waals surface area contributed by atoms with Crippen LogP contribution in [0.4, 0.5) is 10.5 Å². The van der Waals surface area contributed by atoms with Crippen LogP contribution in [0.2, 0.25) is 5.02 Å². The Labute approximate surface area is 163 Å². The van der Waals surface area contributed by atoms with Crippen molar-refractivity contribution in [1.82, 2.24) is 15.5 Å². The minimum atomic E-state index is -0.623. The molecule has 1 aliphatic rings. The van der Waals surface area contributed by atoms with E-state index in [-0.39, 0.29) is 11.9 Å². The first-order valence-corrected chi connectivity index (χ1v) is 9.27. The Morgan fingerprint density at radius 1 is 1.15 bits per heavy atom. The third-order valence-corrected chi connectivity index (χ3v) is 4.76. The number of benzene rings is 1. The zero-order chi connectivity index (χ0) is 19.2. The summed E-state index contributed by atoms with van der Waals surface area (Å²) in [6.45, 7) is 4.61. The van der Waals surface area contributed by atoms with Crippen LogP contribution in [0.5, 0.6) is 0 Å². The van der Waals surface area contributed by atoms with Gasteiger partial charge in [-0.15, -0.1) is 0 Å². The van der Waals surface area contributed by atoms with E-state index in [0.717, 1.165) is 18.8 Å². The lowest BCUT2D eigenvalue weighted by molar-refractivity contribution is -0.122. The number of piperazine rings is 1. The molecular formula is C19H23ClN4O3. The van der Waals surface area contributed by atoms with Gasteiger partial charge in [0.05, 0.1) is 12.8 Å². The van der Waals surface area contributed by atoms with Gasteiger partial charge >= 0.3 is 6.03 Å². The van der Waals surface area contributed by atoms with Gasteiger partial charge in [-0.25, -0.2) is 4.79 Å². The van der Waals surface area contributed by atoms with Crippen molar-refractivity contribution in [3.8, 4) is 0 Å². The monoisotopic (exact) mass is 390 g/mol. The Hall–Kier alpha value is -2.67. The van der Waals surface area contributed by atoms with Gasteiger partial charge in [-0.05, 0) is 43.3 Å². The molecule has 2 heterocycles. The molecule has 0 saturated carbocycles. The quantitative estimate of drug-likeness (QED) is 0.822. The molecule has 0 aliphatic carbocycles. The Morgan fingerprint density at radius 3 is 2.48 bits per heavy atom. The summed E-state index contributed by atoms with van der Waals surface area (Å²) in [6, 6.07) is 10.4. The summed E-state index contributed by atoms with van der Waals surface area (Å²) in [6.07, 6.45) is 1.55. The molecule has 2 N–H and O–H groups in total. The van der Waals surface area contributed by atoms with Gasteiger partial charge in [0.15, 0.2) is 0 Å². The van der Waals surface area contributed by atoms with Crippen molar-refractivity contribution in [3.63, 3.8) is 0 Å². The molecule has 3 rings (SSSR count). The summed E-state index contributed by atoms with van der Waals surface area (Å²) in [5.74, 6) is 0.416. The van der Waals surface area contributed by atoms with Gasteiger partial charge in [0, 0.05) is 36.9 Å². The number of urea groups is 1. The summed E-state index contributed by atoms with van der Waals surface area (Å²) in [7, 11) is 0. The Balaban J connectivity index is 1.43. The number of halogens is 1. The molecule has 144 valence electrons. The van der Waals surface area contributed by atoms with E-state index in [1.807, 2.05) is 24.3 Å². The first kappa shape index (κ1) is 19.1. The summed E-state index contributed by atoms with van der Waals surface area (Å²) in [4.78, 5) is 28.5. The normalized spacial score (nSPS) is 15.3. The maximum atomic E-state index is 12.4. The predicted molar refractivity (Wildman–Crippen MR) is 104 cm³/mol. The molecule has 0 bridgehead atoms. The van der Waals surface area contributed by atoms with Gasteiger partial charge in [-0.2, -0.15) is 0 Å². The van der Waals surface area contributed by atoms with E-state index in [1.165, 1.54) is 0 Å². The van der Waals surface area contributed by atoms with Crippen molar-refractivity contribution in [2.75, 3.05) is 31.1 Å². The molecule has 1 saturated heterocycles. The van der Waals surface area contributed by atoms with Crippen molar-refractivity contribution in [2.45, 2.75) is 19.5 Å². The van der Waals surface area contributed by atoms with Gasteiger partial charge < -0.3 is 24.9 Å². The maximum absolute atomic E-state index is 12.4. The van der Waals surface area contributed by atoms with E-state index < -0.39 is 6.04 Å². The first-order valence-electron chi connectivity index (χ1n) is 8.89. The Morgan fingerprint density at radius 2 is 1.85 bits per heavy atom. The molecule has 27 heavy (non-hydrogen) atoms. The molecule has 1 aliphatic heterocycles. The van der Waals surface area contributed by atoms with E-state index in [1.54, 1.807) is 30.2 Å². The van der Waals surface area contributed by atoms with Crippen LogP contribution in [0, 0.1) is 0 Å². The lowest BCUT2D eigenvalue weighted by Gasteiger charge is -2.36. The van der Waals surface area contributed by atoms with Crippen LogP contribution in [0.3, 0.4) is 0 Å². The first-order chi connectivity index (χ1) is 13.0. The summed E-state index contributed by atoms with van der Waals surface area (Å²) in [5, 5.41) is 6.20. The van der Waals surface area contributed by atoms with Crippen molar-refractivity contribution in [2.24, 2.45) is 0 Å². The van der Waals surface area contributed by atoms with Gasteiger partial charge in [0.25, 0.3) is 0 Å². The molecular weight excluding hydrogens is 368 g/mol. The van der Waals surface area contributed by atoms with E-state index in [4.69, 9.17) is 16.0 Å². The third-order valence-electron chi connectivity index (χ3n) is 4.51. The highest BCUT2D eigenvalue weighted by atomic mass is 35.5. The van der Waals surface area contributed by atoms with Crippen molar-refractivity contribution >= 4 is 29.2 Å². The molecule has 2 aromatic rings. The number of hydrogen-bond donors (Lipinski definition) is 2. The van der Waals surface area contributed by atoms with E-state index >= 15 is 0 Å². The van der Waals surface area contributed by atoms with Crippen molar-refractivity contribution in [1.29, 1.82) is 0 Å². The molecule has 7 nitrogen and oxygen atoms in total. The predicted octanol–water partition coefficient (Wildman–Crippen LogP) is 2.47. The highest BCUT2D eigenvalue weighted by molar-refractivity contribution is 6.30. The molecule has 1 fully saturated rings. The SMILES string of the molecule is C[C@@H](NC(=O)N1CCN(c2ccc(Cl)cc2)CC1)C(=O)NCc1ccco1. The van der Waals surface area contributed by atoms with Crippen LogP contribution in [-0.4, -0.2) is 49.1 Å². The van der Waals surface area contributed by atoms with Crippen LogP contribution in [0.15, 0.2) is 47.1 Å². The number of carbonyl (C=O) groups is 2. The fraction of sp³-hybridized carbons (Fsp3) is 0.368. The topological polar surface area (TPSA) is 77.8 Å². The van der Waals surface area contributed by atoms with Crippen LogP contribution in [0.1, 0.15) is 12.7 Å². The highest BCUT2D eigenvalue weighted by Gasteiger charge is 2.24. The second-order valence-corrected chi connectivity index (χ2v) is 6.86. The van der Waals surface area contributed by atoms with Crippen molar-refractivity contribution < 1.29 is 14.0 Å². The Bertz CT molecular complexity index is 756. The molecule has 1 aromatic carbocycles. The smallest absolute Gasteiger partial charge is 0.318 e. The van der Waals surface area contributed by atoms with Crippen LogP contribution >= 0.6 is 11.6 Å². The number of rotatable bonds is 5. The summed E-state index contributed by atoms with van der Waals surface area (Å²) in [5.41, 5.74) is 1.09. The number of anilines is 1. The van der Waals surface area contributed by atoms with Gasteiger partial charge in [-0.3, -0.25) is 4.79 Å². The number of carbonyl (C=O) groups excluding carboxylic acids is 2. The highest BCUT2D eigenvalue weighted by Crippen LogP contribution is 2.19. The second-order valence-electron chi connectivity index (χ2n) is 6.42. The van der Waals surface area contributed by atoms with Crippen LogP contribution in [0.25, 0.3) is 0 Å². The van der Waals surface area contributed by atoms with Crippen molar-refractivity contribution in [3.05, 3.63) is 53.4 Å². The van der Waals surface area contributed by atoms with E-state index in [9.17, 15) is 9.59 Å². The fourth-order valence-electron chi connectivity index (χ4n) is 2.90. The number of nitrogens with zero attached hydrogens (tertiary/aromatic N) is 2. The largest absolute Gasteiger partial charge is 0.467 e. The summed E-state index contributed by atoms with van der Waals surface area (Å²) < 4.78 is 5.17. The van der Waals surface area contributed by atoms with E-state index in [0.29, 0.717) is 30.4 Å². The molecule has 3 amide bonds. The van der Waals surface area contributed by atoms with Gasteiger partial charge in [0.2, 0.25) is 5.91 Å². The fourth-order valence-corrected chi connectivity index (χ4v) is 3.03. The zero-order valence-electron chi connectivity index (χ0n) is 15.2. The number of hydrogen-bond acceptors (Lipinski definition) is 4.